The largest absolute Gasteiger partial charge is 0.366 e. The molecule has 0 bridgehead atoms. The summed E-state index contributed by atoms with van der Waals surface area (Å²) < 4.78 is 1.18. The van der Waals surface area contributed by atoms with E-state index in [1.54, 1.807) is 0 Å². The number of hydrogen-bond donors (Lipinski definition) is 0. The summed E-state index contributed by atoms with van der Waals surface area (Å²) in [6, 6.07) is 13.0. The minimum Gasteiger partial charge on any atom is -0.366 e. The van der Waals surface area contributed by atoms with Gasteiger partial charge in [0.25, 0.3) is 0 Å². The maximum atomic E-state index is 4.75. The van der Waals surface area contributed by atoms with E-state index in [-0.39, 0.29) is 5.54 Å². The van der Waals surface area contributed by atoms with E-state index < -0.39 is 0 Å². The van der Waals surface area contributed by atoms with Crippen molar-refractivity contribution in [2.45, 2.75) is 58.9 Å². The summed E-state index contributed by atoms with van der Waals surface area (Å²) in [4.78, 5) is 7.36. The van der Waals surface area contributed by atoms with Crippen LogP contribution in [0.4, 0.5) is 11.4 Å². The average molecular weight is 460 g/mol. The van der Waals surface area contributed by atoms with Gasteiger partial charge in [0.2, 0.25) is 0 Å². The highest BCUT2D eigenvalue weighted by Gasteiger charge is 2.36. The summed E-state index contributed by atoms with van der Waals surface area (Å²) >= 11 is 2.34. The van der Waals surface area contributed by atoms with Crippen molar-refractivity contribution in [2.75, 3.05) is 11.4 Å². The second kappa shape index (κ2) is 7.71. The van der Waals surface area contributed by atoms with Gasteiger partial charge in [-0.25, -0.2) is 0 Å². The van der Waals surface area contributed by atoms with E-state index in [4.69, 9.17) is 4.99 Å². The van der Waals surface area contributed by atoms with E-state index in [1.807, 2.05) is 12.3 Å². The lowest BCUT2D eigenvalue weighted by molar-refractivity contribution is 0.376. The molecule has 3 heteroatoms. The Bertz CT molecular complexity index is 823. The van der Waals surface area contributed by atoms with Crippen LogP contribution in [-0.4, -0.2) is 18.3 Å². The molecule has 138 valence electrons. The number of hydrogen-bond acceptors (Lipinski definition) is 2. The molecule has 2 aromatic carbocycles. The number of nitrogens with zero attached hydrogens (tertiary/aromatic N) is 2. The van der Waals surface area contributed by atoms with Crippen molar-refractivity contribution in [1.29, 1.82) is 0 Å². The monoisotopic (exact) mass is 460 g/mol. The molecule has 0 radical (unpaired) electrons. The number of para-hydroxylation sites is 1. The van der Waals surface area contributed by atoms with Crippen molar-refractivity contribution in [3.05, 3.63) is 56.7 Å². The first-order chi connectivity index (χ1) is 12.3. The van der Waals surface area contributed by atoms with Crippen LogP contribution >= 0.6 is 22.6 Å². The van der Waals surface area contributed by atoms with Gasteiger partial charge in [-0.3, -0.25) is 4.99 Å². The van der Waals surface area contributed by atoms with Gasteiger partial charge in [0.15, 0.2) is 0 Å². The predicted octanol–water partition coefficient (Wildman–Crippen LogP) is 6.85. The Balaban J connectivity index is 2.02. The van der Waals surface area contributed by atoms with Gasteiger partial charge in [-0.2, -0.15) is 0 Å². The van der Waals surface area contributed by atoms with Gasteiger partial charge < -0.3 is 4.90 Å². The molecule has 0 N–H and O–H groups in total. The number of rotatable bonds is 4. The molecule has 0 aromatic heterocycles. The number of aryl methyl sites for hydroxylation is 1. The molecule has 2 aromatic rings. The fourth-order valence-corrected chi connectivity index (χ4v) is 4.66. The second-order valence-corrected chi connectivity index (χ2v) is 9.21. The third-order valence-corrected chi connectivity index (χ3v) is 6.33. The van der Waals surface area contributed by atoms with Crippen molar-refractivity contribution in [3.8, 4) is 0 Å². The van der Waals surface area contributed by atoms with E-state index in [0.29, 0.717) is 5.92 Å². The van der Waals surface area contributed by atoms with Gasteiger partial charge in [0.1, 0.15) is 0 Å². The Morgan fingerprint density at radius 2 is 2.00 bits per heavy atom. The Hall–Kier alpha value is -1.36. The smallest absolute Gasteiger partial charge is 0.0763 e. The third kappa shape index (κ3) is 3.83. The number of fused-ring (bicyclic) bond motifs is 1. The fraction of sp³-hybridized carbons (Fsp3) is 0.435. The Kier molecular flexibility index (Phi) is 5.75. The van der Waals surface area contributed by atoms with Crippen LogP contribution in [0.3, 0.4) is 0 Å². The molecule has 0 aliphatic carbocycles. The van der Waals surface area contributed by atoms with Crippen LogP contribution in [-0.2, 0) is 0 Å². The molecular formula is C23H29IN2. The van der Waals surface area contributed by atoms with E-state index in [2.05, 4.69) is 92.4 Å². The number of aliphatic imine (C=N–C) groups is 1. The van der Waals surface area contributed by atoms with Crippen LogP contribution in [0.2, 0.25) is 0 Å². The first kappa shape index (κ1) is 19.4. The van der Waals surface area contributed by atoms with Crippen LogP contribution < -0.4 is 4.90 Å². The van der Waals surface area contributed by atoms with Crippen LogP contribution in [0, 0.1) is 10.5 Å². The summed E-state index contributed by atoms with van der Waals surface area (Å²) in [6.07, 6.45) is 4.39. The van der Waals surface area contributed by atoms with Gasteiger partial charge in [-0.05, 0) is 103 Å². The zero-order valence-electron chi connectivity index (χ0n) is 16.5. The first-order valence-electron chi connectivity index (χ1n) is 9.54. The molecule has 0 saturated heterocycles. The summed E-state index contributed by atoms with van der Waals surface area (Å²) in [5, 5.41) is 0. The van der Waals surface area contributed by atoms with Crippen LogP contribution in [0.5, 0.6) is 0 Å². The lowest BCUT2D eigenvalue weighted by atomic mass is 9.79. The molecule has 0 fully saturated rings. The molecule has 1 unspecified atom stereocenters. The SMILES string of the molecule is CCCN1c2cc(C)c(C=Nc3ccccc3I)cc2C(C)CC1(C)C. The molecule has 0 spiro atoms. The molecule has 26 heavy (non-hydrogen) atoms. The molecule has 1 heterocycles. The summed E-state index contributed by atoms with van der Waals surface area (Å²) in [5.41, 5.74) is 6.65. The maximum Gasteiger partial charge on any atom is 0.0763 e. The molecule has 0 saturated carbocycles. The lowest BCUT2D eigenvalue weighted by Crippen LogP contribution is -2.48. The van der Waals surface area contributed by atoms with Crippen LogP contribution in [0.25, 0.3) is 0 Å². The molecule has 1 aliphatic heterocycles. The standard InChI is InChI=1S/C23H29IN2/c1-6-11-26-22-12-16(2)18(13-19(22)17(3)14-23(26,4)5)15-25-21-10-8-7-9-20(21)24/h7-10,12-13,15,17H,6,11,14H2,1-5H3. The number of halogens is 1. The highest BCUT2D eigenvalue weighted by molar-refractivity contribution is 14.1. The quantitative estimate of drug-likeness (QED) is 0.360. The third-order valence-electron chi connectivity index (χ3n) is 5.42. The molecule has 3 rings (SSSR count). The zero-order chi connectivity index (χ0) is 18.9. The van der Waals surface area contributed by atoms with E-state index in [1.165, 1.54) is 38.8 Å². The second-order valence-electron chi connectivity index (χ2n) is 8.05. The molecule has 1 aliphatic rings. The minimum absolute atomic E-state index is 0.213. The zero-order valence-corrected chi connectivity index (χ0v) is 18.7. The van der Waals surface area contributed by atoms with Gasteiger partial charge in [-0.15, -0.1) is 0 Å². The highest BCUT2D eigenvalue weighted by atomic mass is 127. The van der Waals surface area contributed by atoms with Gasteiger partial charge >= 0.3 is 0 Å². The first-order valence-corrected chi connectivity index (χ1v) is 10.6. The fourth-order valence-electron chi connectivity index (χ4n) is 4.13. The normalized spacial score (nSPS) is 19.0. The highest BCUT2D eigenvalue weighted by Crippen LogP contribution is 2.44. The van der Waals surface area contributed by atoms with Crippen LogP contribution in [0.15, 0.2) is 41.4 Å². The molecular weight excluding hydrogens is 431 g/mol. The predicted molar refractivity (Wildman–Crippen MR) is 122 cm³/mol. The minimum atomic E-state index is 0.213. The van der Waals surface area contributed by atoms with Gasteiger partial charge in [0, 0.05) is 27.6 Å². The molecule has 0 amide bonds. The average Bonchev–Trinajstić information content (AvgIpc) is 2.58. The lowest BCUT2D eigenvalue weighted by Gasteiger charge is -2.48. The summed E-state index contributed by atoms with van der Waals surface area (Å²) in [6.45, 7) is 12.7. The van der Waals surface area contributed by atoms with E-state index >= 15 is 0 Å². The van der Waals surface area contributed by atoms with Crippen molar-refractivity contribution < 1.29 is 0 Å². The molecule has 2 nitrogen and oxygen atoms in total. The van der Waals surface area contributed by atoms with Gasteiger partial charge in [0.05, 0.1) is 5.69 Å². The van der Waals surface area contributed by atoms with Gasteiger partial charge in [-0.1, -0.05) is 26.0 Å². The summed E-state index contributed by atoms with van der Waals surface area (Å²) in [5.74, 6) is 0.567. The van der Waals surface area contributed by atoms with Crippen LogP contribution in [0.1, 0.15) is 63.1 Å². The van der Waals surface area contributed by atoms with E-state index in [0.717, 1.165) is 12.2 Å². The van der Waals surface area contributed by atoms with Crippen molar-refractivity contribution in [2.24, 2.45) is 4.99 Å². The Morgan fingerprint density at radius 3 is 2.69 bits per heavy atom. The molecule has 1 atom stereocenters. The Morgan fingerprint density at radius 1 is 1.27 bits per heavy atom. The van der Waals surface area contributed by atoms with E-state index in [9.17, 15) is 0 Å². The number of anilines is 1. The Labute approximate surface area is 171 Å². The topological polar surface area (TPSA) is 15.6 Å². The number of benzene rings is 2. The van der Waals surface area contributed by atoms with Crippen molar-refractivity contribution in [3.63, 3.8) is 0 Å². The van der Waals surface area contributed by atoms with Crippen molar-refractivity contribution >= 4 is 40.2 Å². The summed E-state index contributed by atoms with van der Waals surface area (Å²) in [7, 11) is 0. The van der Waals surface area contributed by atoms with Crippen molar-refractivity contribution in [1.82, 2.24) is 0 Å². The maximum absolute atomic E-state index is 4.75.